The van der Waals surface area contributed by atoms with Crippen LogP contribution in [0, 0.1) is 0 Å². The number of carbonyl (C=O) groups is 3. The van der Waals surface area contributed by atoms with Gasteiger partial charge in [0.1, 0.15) is 24.9 Å². The minimum Gasteiger partial charge on any atom is -0.464 e. The van der Waals surface area contributed by atoms with Crippen molar-refractivity contribution in [1.82, 2.24) is 15.5 Å². The summed E-state index contributed by atoms with van der Waals surface area (Å²) in [7, 11) is 0. The third-order valence-corrected chi connectivity index (χ3v) is 9.77. The van der Waals surface area contributed by atoms with Crippen LogP contribution in [0.3, 0.4) is 0 Å². The van der Waals surface area contributed by atoms with Gasteiger partial charge in [0, 0.05) is 25.9 Å². The second-order valence-corrected chi connectivity index (χ2v) is 14.0. The summed E-state index contributed by atoms with van der Waals surface area (Å²) in [5.41, 5.74) is 0. The van der Waals surface area contributed by atoms with Crippen LogP contribution >= 0.6 is 11.8 Å². The van der Waals surface area contributed by atoms with Crippen LogP contribution in [-0.2, 0) is 23.7 Å². The molecule has 0 spiro atoms. The highest BCUT2D eigenvalue weighted by Gasteiger charge is 2.31. The van der Waals surface area contributed by atoms with E-state index in [1.807, 2.05) is 0 Å². The normalized spacial score (nSPS) is 18.0. The van der Waals surface area contributed by atoms with Crippen LogP contribution in [-0.4, -0.2) is 80.1 Å². The number of nitrogens with one attached hydrogen (secondary N) is 2. The van der Waals surface area contributed by atoms with Crippen LogP contribution in [0.1, 0.15) is 149 Å². The number of amides is 2. The Morgan fingerprint density at radius 1 is 0.833 bits per heavy atom. The van der Waals surface area contributed by atoms with Crippen LogP contribution in [0.4, 0.5) is 9.59 Å². The van der Waals surface area contributed by atoms with E-state index in [-0.39, 0.29) is 13.2 Å². The maximum Gasteiger partial charge on any atom is 0.407 e. The molecule has 3 atom stereocenters. The molecule has 0 aromatic heterocycles. The average Bonchev–Trinajstić information content (AvgIpc) is 3.61. The molecule has 0 saturated carbocycles. The number of hydrogen-bond acceptors (Lipinski definition) is 9. The molecular formula is C37H67N3O7S. The van der Waals surface area contributed by atoms with Gasteiger partial charge in [-0.1, -0.05) is 110 Å². The van der Waals surface area contributed by atoms with E-state index in [2.05, 4.69) is 34.1 Å². The molecule has 10 nitrogen and oxygen atoms in total. The van der Waals surface area contributed by atoms with E-state index in [1.54, 1.807) is 18.7 Å². The lowest BCUT2D eigenvalue weighted by Gasteiger charge is -2.31. The summed E-state index contributed by atoms with van der Waals surface area (Å²) < 4.78 is 22.0. The molecule has 2 aliphatic heterocycles. The fourth-order valence-corrected chi connectivity index (χ4v) is 6.84. The molecule has 1 fully saturated rings. The number of unbranched alkanes of at least 4 members (excludes halogenated alkanes) is 16. The van der Waals surface area contributed by atoms with Crippen LogP contribution in [0.15, 0.2) is 11.6 Å². The molecule has 11 heteroatoms. The van der Waals surface area contributed by atoms with Crippen molar-refractivity contribution in [3.63, 3.8) is 0 Å². The topological polar surface area (TPSA) is 115 Å². The summed E-state index contributed by atoms with van der Waals surface area (Å²) in [6.45, 7) is 6.24. The third-order valence-electron chi connectivity index (χ3n) is 8.98. The molecule has 2 rings (SSSR count). The Labute approximate surface area is 295 Å². The molecule has 2 amide bonds. The fraction of sp³-hybridized carbons (Fsp3) is 0.865. The van der Waals surface area contributed by atoms with Crippen molar-refractivity contribution in [2.24, 2.45) is 0 Å². The van der Waals surface area contributed by atoms with Gasteiger partial charge in [-0.05, 0) is 44.4 Å². The number of alkyl carbamates (subject to hydrolysis) is 2. The molecule has 0 aliphatic carbocycles. The highest BCUT2D eigenvalue weighted by atomic mass is 32.2. The van der Waals surface area contributed by atoms with Crippen molar-refractivity contribution >= 4 is 29.9 Å². The minimum absolute atomic E-state index is 0.0697. The molecule has 48 heavy (non-hydrogen) atoms. The minimum atomic E-state index is -0.774. The van der Waals surface area contributed by atoms with Crippen molar-refractivity contribution in [1.29, 1.82) is 0 Å². The summed E-state index contributed by atoms with van der Waals surface area (Å²) in [6, 6.07) is -0.774. The molecular weight excluding hydrogens is 630 g/mol. The fourth-order valence-electron chi connectivity index (χ4n) is 6.09. The molecule has 278 valence electrons. The number of hydrogen-bond donors (Lipinski definition) is 2. The smallest absolute Gasteiger partial charge is 0.407 e. The summed E-state index contributed by atoms with van der Waals surface area (Å²) in [4.78, 5) is 39.9. The first-order valence-corrected chi connectivity index (χ1v) is 20.3. The lowest BCUT2D eigenvalue weighted by atomic mass is 10.0. The summed E-state index contributed by atoms with van der Waals surface area (Å²) in [6.07, 6.45) is 24.0. The van der Waals surface area contributed by atoms with E-state index in [9.17, 15) is 14.4 Å². The summed E-state index contributed by atoms with van der Waals surface area (Å²) >= 11 is 1.78. The van der Waals surface area contributed by atoms with Gasteiger partial charge in [-0.2, -0.15) is 0 Å². The van der Waals surface area contributed by atoms with E-state index in [4.69, 9.17) is 18.9 Å². The zero-order chi connectivity index (χ0) is 34.5. The Kier molecular flexibility index (Phi) is 25.1. The molecule has 0 aromatic rings. The first-order chi connectivity index (χ1) is 23.5. The third kappa shape index (κ3) is 21.1. The Hall–Kier alpha value is -2.14. The standard InChI is InChI=1S/C37H67N3O7S/c1-3-5-6-7-8-9-10-11-12-13-14-15-16-17-20-25-38-36(42)47-33-24-22-28-45-34(33)30-46-37(43)39-32(35(41)44-4-2)23-19-18-21-26-40-27-29-48-31-40/h27,29,32-34H,3-26,28,30-31H2,1-2H3,(H,38,42)(H,39,43). The number of carbonyl (C=O) groups excluding carboxylic acids is 3. The second-order valence-electron chi connectivity index (χ2n) is 13.2. The lowest BCUT2D eigenvalue weighted by Crippen LogP contribution is -2.46. The predicted molar refractivity (Wildman–Crippen MR) is 194 cm³/mol. The van der Waals surface area contributed by atoms with Gasteiger partial charge in [0.05, 0.1) is 12.5 Å². The van der Waals surface area contributed by atoms with E-state index in [1.165, 1.54) is 83.5 Å². The molecule has 0 radical (unpaired) electrons. The highest BCUT2D eigenvalue weighted by Crippen LogP contribution is 2.19. The van der Waals surface area contributed by atoms with Crippen molar-refractivity contribution in [2.75, 3.05) is 38.8 Å². The Morgan fingerprint density at radius 2 is 1.48 bits per heavy atom. The van der Waals surface area contributed by atoms with Crippen molar-refractivity contribution in [3.8, 4) is 0 Å². The Bertz CT molecular complexity index is 878. The van der Waals surface area contributed by atoms with Crippen LogP contribution in [0.2, 0.25) is 0 Å². The van der Waals surface area contributed by atoms with E-state index in [0.29, 0.717) is 26.0 Å². The number of esters is 1. The van der Waals surface area contributed by atoms with Gasteiger partial charge in [-0.3, -0.25) is 0 Å². The van der Waals surface area contributed by atoms with Gasteiger partial charge in [-0.15, -0.1) is 11.8 Å². The first-order valence-electron chi connectivity index (χ1n) is 19.2. The van der Waals surface area contributed by atoms with Crippen molar-refractivity contribution < 1.29 is 33.3 Å². The molecule has 2 N–H and O–H groups in total. The van der Waals surface area contributed by atoms with Crippen molar-refractivity contribution in [2.45, 2.75) is 167 Å². The van der Waals surface area contributed by atoms with Crippen LogP contribution in [0.5, 0.6) is 0 Å². The quantitative estimate of drug-likeness (QED) is 0.0470. The maximum atomic E-state index is 12.6. The van der Waals surface area contributed by atoms with Gasteiger partial charge >= 0.3 is 18.2 Å². The Balaban J connectivity index is 1.53. The van der Waals surface area contributed by atoms with E-state index in [0.717, 1.165) is 50.9 Å². The second kappa shape index (κ2) is 28.7. The van der Waals surface area contributed by atoms with Gasteiger partial charge in [0.25, 0.3) is 0 Å². The van der Waals surface area contributed by atoms with E-state index >= 15 is 0 Å². The molecule has 1 saturated heterocycles. The zero-order valence-electron chi connectivity index (χ0n) is 30.2. The Morgan fingerprint density at radius 3 is 2.10 bits per heavy atom. The van der Waals surface area contributed by atoms with Gasteiger partial charge < -0.3 is 34.5 Å². The monoisotopic (exact) mass is 697 g/mol. The maximum absolute atomic E-state index is 12.6. The van der Waals surface area contributed by atoms with E-state index < -0.39 is 36.4 Å². The number of rotatable bonds is 28. The number of nitrogens with zero attached hydrogens (tertiary/aromatic N) is 1. The highest BCUT2D eigenvalue weighted by molar-refractivity contribution is 8.02. The first kappa shape index (κ1) is 42.0. The largest absolute Gasteiger partial charge is 0.464 e. The van der Waals surface area contributed by atoms with Crippen LogP contribution in [0.25, 0.3) is 0 Å². The van der Waals surface area contributed by atoms with Crippen molar-refractivity contribution in [3.05, 3.63) is 11.6 Å². The summed E-state index contributed by atoms with van der Waals surface area (Å²) in [5.74, 6) is 0.522. The zero-order valence-corrected chi connectivity index (χ0v) is 31.0. The number of ether oxygens (including phenoxy) is 4. The van der Waals surface area contributed by atoms with Gasteiger partial charge in [-0.25, -0.2) is 14.4 Å². The van der Waals surface area contributed by atoms with Gasteiger partial charge in [0.2, 0.25) is 0 Å². The number of thioether (sulfide) groups is 1. The predicted octanol–water partition coefficient (Wildman–Crippen LogP) is 8.83. The molecule has 3 unspecified atom stereocenters. The van der Waals surface area contributed by atoms with Gasteiger partial charge in [0.15, 0.2) is 0 Å². The summed E-state index contributed by atoms with van der Waals surface area (Å²) in [5, 5.41) is 7.62. The van der Waals surface area contributed by atoms with Crippen LogP contribution < -0.4 is 10.6 Å². The molecule has 0 aromatic carbocycles. The molecule has 0 bridgehead atoms. The average molecular weight is 698 g/mol. The lowest BCUT2D eigenvalue weighted by molar-refractivity contribution is -0.145. The molecule has 2 heterocycles. The molecule has 2 aliphatic rings. The SMILES string of the molecule is CCCCCCCCCCCCCCCCCNC(=O)OC1CCCOC1COC(=O)NC(CCCCCN1C=CSC1)C(=O)OCC.